The first-order chi connectivity index (χ1) is 8.69. The van der Waals surface area contributed by atoms with Crippen LogP contribution in [0.25, 0.3) is 0 Å². The van der Waals surface area contributed by atoms with Gasteiger partial charge >= 0.3 is 0 Å². The lowest BCUT2D eigenvalue weighted by molar-refractivity contribution is -0.121. The average Bonchev–Trinajstić information content (AvgIpc) is 2.41. The minimum atomic E-state index is 0.0558. The number of amides is 1. The first-order valence-corrected chi connectivity index (χ1v) is 6.69. The van der Waals surface area contributed by atoms with E-state index in [-0.39, 0.29) is 11.8 Å². The van der Waals surface area contributed by atoms with Crippen molar-refractivity contribution in [1.29, 1.82) is 0 Å². The van der Waals surface area contributed by atoms with Crippen LogP contribution in [0.5, 0.6) is 0 Å². The van der Waals surface area contributed by atoms with Gasteiger partial charge in [0.25, 0.3) is 0 Å². The fourth-order valence-electron chi connectivity index (χ4n) is 2.34. The van der Waals surface area contributed by atoms with Gasteiger partial charge in [0.15, 0.2) is 0 Å². The summed E-state index contributed by atoms with van der Waals surface area (Å²) < 4.78 is 0. The van der Waals surface area contributed by atoms with Crippen molar-refractivity contribution >= 4 is 23.3 Å². The largest absolute Gasteiger partial charge is 0.330 e. The second-order valence-corrected chi connectivity index (χ2v) is 5.24. The monoisotopic (exact) mass is 267 g/mol. The van der Waals surface area contributed by atoms with Gasteiger partial charge in [0.05, 0.1) is 5.02 Å². The predicted octanol–water partition coefficient (Wildman–Crippen LogP) is 2.44. The molecule has 18 heavy (non-hydrogen) atoms. The molecule has 0 saturated heterocycles. The zero-order chi connectivity index (χ0) is 13.0. The second-order valence-electron chi connectivity index (χ2n) is 4.80. The van der Waals surface area contributed by atoms with Crippen LogP contribution in [0.1, 0.15) is 25.7 Å². The maximum Gasteiger partial charge on any atom is 0.228 e. The van der Waals surface area contributed by atoms with E-state index in [1.807, 2.05) is 0 Å². The highest BCUT2D eigenvalue weighted by Crippen LogP contribution is 2.28. The van der Waals surface area contributed by atoms with Crippen LogP contribution in [0.2, 0.25) is 5.02 Å². The molecule has 0 atom stereocenters. The van der Waals surface area contributed by atoms with Gasteiger partial charge in [-0.05, 0) is 50.3 Å². The van der Waals surface area contributed by atoms with Crippen LogP contribution in [-0.4, -0.2) is 17.4 Å². The molecular weight excluding hydrogens is 250 g/mol. The normalized spacial score (nSPS) is 23.7. The quantitative estimate of drug-likeness (QED) is 0.884. The average molecular weight is 268 g/mol. The second kappa shape index (κ2) is 6.16. The van der Waals surface area contributed by atoms with E-state index in [1.165, 1.54) is 6.20 Å². The number of carbonyl (C=O) groups excluding carboxylic acids is 1. The van der Waals surface area contributed by atoms with Gasteiger partial charge in [-0.25, -0.2) is 4.98 Å². The molecule has 5 heteroatoms. The van der Waals surface area contributed by atoms with Crippen molar-refractivity contribution in [2.24, 2.45) is 17.6 Å². The smallest absolute Gasteiger partial charge is 0.228 e. The highest BCUT2D eigenvalue weighted by molar-refractivity contribution is 6.30. The van der Waals surface area contributed by atoms with Crippen LogP contribution in [0.3, 0.4) is 0 Å². The van der Waals surface area contributed by atoms with E-state index >= 15 is 0 Å². The Bertz CT molecular complexity index is 399. The molecule has 4 nitrogen and oxygen atoms in total. The van der Waals surface area contributed by atoms with Crippen molar-refractivity contribution in [2.45, 2.75) is 25.7 Å². The molecular formula is C13H18ClN3O. The molecule has 1 aliphatic rings. The summed E-state index contributed by atoms with van der Waals surface area (Å²) in [5.74, 6) is 1.29. The molecule has 1 aromatic rings. The molecule has 0 aliphatic heterocycles. The van der Waals surface area contributed by atoms with Gasteiger partial charge in [-0.15, -0.1) is 0 Å². The standard InChI is InChI=1S/C13H18ClN3O/c14-11-5-6-12(16-8-11)17-13(18)10-3-1-9(7-15)2-4-10/h5-6,8-10H,1-4,7,15H2,(H,16,17,18). The lowest BCUT2D eigenvalue weighted by atomic mass is 9.81. The molecule has 1 saturated carbocycles. The third kappa shape index (κ3) is 3.43. The highest BCUT2D eigenvalue weighted by atomic mass is 35.5. The summed E-state index contributed by atoms with van der Waals surface area (Å²) in [6, 6.07) is 3.43. The van der Waals surface area contributed by atoms with Crippen molar-refractivity contribution in [3.05, 3.63) is 23.4 Å². The minimum Gasteiger partial charge on any atom is -0.330 e. The molecule has 0 unspecified atom stereocenters. The molecule has 3 N–H and O–H groups in total. The Labute approximate surface area is 112 Å². The van der Waals surface area contributed by atoms with Crippen molar-refractivity contribution in [2.75, 3.05) is 11.9 Å². The Hall–Kier alpha value is -1.13. The summed E-state index contributed by atoms with van der Waals surface area (Å²) in [7, 11) is 0. The van der Waals surface area contributed by atoms with E-state index in [0.717, 1.165) is 32.2 Å². The van der Waals surface area contributed by atoms with Gasteiger partial charge in [-0.3, -0.25) is 4.79 Å². The van der Waals surface area contributed by atoms with Gasteiger partial charge in [0, 0.05) is 12.1 Å². The molecule has 98 valence electrons. The SMILES string of the molecule is NCC1CCC(C(=O)Nc2ccc(Cl)cn2)CC1. The molecule has 1 aromatic heterocycles. The summed E-state index contributed by atoms with van der Waals surface area (Å²) in [5, 5.41) is 3.40. The first-order valence-electron chi connectivity index (χ1n) is 6.31. The Balaban J connectivity index is 1.87. The molecule has 0 spiro atoms. The molecule has 1 fully saturated rings. The molecule has 0 radical (unpaired) electrons. The maximum atomic E-state index is 12.0. The topological polar surface area (TPSA) is 68.0 Å². The summed E-state index contributed by atoms with van der Waals surface area (Å²) >= 11 is 5.74. The van der Waals surface area contributed by atoms with Gasteiger partial charge in [-0.2, -0.15) is 0 Å². The van der Waals surface area contributed by atoms with Crippen LogP contribution in [0.4, 0.5) is 5.82 Å². The van der Waals surface area contributed by atoms with Crippen molar-refractivity contribution in [3.63, 3.8) is 0 Å². The number of aromatic nitrogens is 1. The molecule has 0 bridgehead atoms. The van der Waals surface area contributed by atoms with Crippen molar-refractivity contribution in [1.82, 2.24) is 4.98 Å². The van der Waals surface area contributed by atoms with Crippen molar-refractivity contribution in [3.8, 4) is 0 Å². The number of rotatable bonds is 3. The zero-order valence-corrected chi connectivity index (χ0v) is 11.0. The third-order valence-corrected chi connectivity index (χ3v) is 3.75. The number of hydrogen-bond donors (Lipinski definition) is 2. The Morgan fingerprint density at radius 3 is 2.67 bits per heavy atom. The first kappa shape index (κ1) is 13.3. The number of halogens is 1. The summed E-state index contributed by atoms with van der Waals surface area (Å²) in [5.41, 5.74) is 5.64. The van der Waals surface area contributed by atoms with E-state index in [1.54, 1.807) is 12.1 Å². The van der Waals surface area contributed by atoms with Crippen LogP contribution < -0.4 is 11.1 Å². The van der Waals surface area contributed by atoms with E-state index in [0.29, 0.717) is 16.8 Å². The molecule has 1 heterocycles. The van der Waals surface area contributed by atoms with Crippen molar-refractivity contribution < 1.29 is 4.79 Å². The number of hydrogen-bond acceptors (Lipinski definition) is 3. The Morgan fingerprint density at radius 1 is 1.39 bits per heavy atom. The molecule has 0 aromatic carbocycles. The van der Waals surface area contributed by atoms with Gasteiger partial charge in [0.2, 0.25) is 5.91 Å². The molecule has 1 amide bonds. The van der Waals surface area contributed by atoms with E-state index < -0.39 is 0 Å². The molecule has 2 rings (SSSR count). The zero-order valence-electron chi connectivity index (χ0n) is 10.2. The van der Waals surface area contributed by atoms with Gasteiger partial charge in [-0.1, -0.05) is 11.6 Å². The highest BCUT2D eigenvalue weighted by Gasteiger charge is 2.25. The van der Waals surface area contributed by atoms with Crippen LogP contribution in [0, 0.1) is 11.8 Å². The molecule has 1 aliphatic carbocycles. The third-order valence-electron chi connectivity index (χ3n) is 3.53. The van der Waals surface area contributed by atoms with Crippen LogP contribution in [-0.2, 0) is 4.79 Å². The number of anilines is 1. The fraction of sp³-hybridized carbons (Fsp3) is 0.538. The summed E-state index contributed by atoms with van der Waals surface area (Å²) in [6.45, 7) is 0.729. The Morgan fingerprint density at radius 2 is 2.11 bits per heavy atom. The number of nitrogens with one attached hydrogen (secondary N) is 1. The van der Waals surface area contributed by atoms with E-state index in [9.17, 15) is 4.79 Å². The van der Waals surface area contributed by atoms with E-state index in [2.05, 4.69) is 10.3 Å². The lowest BCUT2D eigenvalue weighted by Crippen LogP contribution is -2.29. The van der Waals surface area contributed by atoms with E-state index in [4.69, 9.17) is 17.3 Å². The minimum absolute atomic E-state index is 0.0558. The van der Waals surface area contributed by atoms with Gasteiger partial charge < -0.3 is 11.1 Å². The Kier molecular flexibility index (Phi) is 4.55. The maximum absolute atomic E-state index is 12.0. The summed E-state index contributed by atoms with van der Waals surface area (Å²) in [4.78, 5) is 16.1. The number of pyridine rings is 1. The lowest BCUT2D eigenvalue weighted by Gasteiger charge is -2.26. The van der Waals surface area contributed by atoms with Crippen LogP contribution >= 0.6 is 11.6 Å². The summed E-state index contributed by atoms with van der Waals surface area (Å²) in [6.07, 6.45) is 5.45. The van der Waals surface area contributed by atoms with Crippen LogP contribution in [0.15, 0.2) is 18.3 Å². The van der Waals surface area contributed by atoms with Gasteiger partial charge in [0.1, 0.15) is 5.82 Å². The predicted molar refractivity (Wildman–Crippen MR) is 72.4 cm³/mol. The number of nitrogens with zero attached hydrogens (tertiary/aromatic N) is 1. The fourth-order valence-corrected chi connectivity index (χ4v) is 2.45. The number of carbonyl (C=O) groups is 1. The number of nitrogens with two attached hydrogens (primary N) is 1.